The largest absolute Gasteiger partial charge is 0.451 e. The summed E-state index contributed by atoms with van der Waals surface area (Å²) < 4.78 is 26.5. The van der Waals surface area contributed by atoms with Gasteiger partial charge in [0.05, 0.1) is 6.07 Å². The number of hydrogen-bond acceptors (Lipinski definition) is 7. The summed E-state index contributed by atoms with van der Waals surface area (Å²) in [5.41, 5.74) is 0.215. The van der Waals surface area contributed by atoms with Gasteiger partial charge < -0.3 is 24.3 Å². The minimum Gasteiger partial charge on any atom is -0.451 e. The van der Waals surface area contributed by atoms with Gasteiger partial charge in [-0.15, -0.1) is 0 Å². The molecule has 4 unspecified atom stereocenters. The molecule has 3 fully saturated rings. The molecular weight excluding hydrogens is 553 g/mol. The number of aryl methyl sites for hydroxylation is 1. The van der Waals surface area contributed by atoms with E-state index >= 15 is 4.39 Å². The topological polar surface area (TPSA) is 119 Å². The minimum atomic E-state index is -0.848. The van der Waals surface area contributed by atoms with Crippen LogP contribution in [0.3, 0.4) is 0 Å². The fourth-order valence-corrected chi connectivity index (χ4v) is 6.31. The van der Waals surface area contributed by atoms with Crippen LogP contribution >= 0.6 is 0 Å². The van der Waals surface area contributed by atoms with Crippen molar-refractivity contribution in [1.29, 1.82) is 5.26 Å². The van der Waals surface area contributed by atoms with E-state index in [4.69, 9.17) is 9.15 Å². The third-order valence-corrected chi connectivity index (χ3v) is 8.58. The van der Waals surface area contributed by atoms with Crippen molar-refractivity contribution in [2.75, 3.05) is 33.2 Å². The number of nitrogens with zero attached hydrogens (tertiary/aromatic N) is 4. The zero-order valence-corrected chi connectivity index (χ0v) is 25.3. The van der Waals surface area contributed by atoms with Crippen molar-refractivity contribution in [3.05, 3.63) is 47.5 Å². The summed E-state index contributed by atoms with van der Waals surface area (Å²) in [5, 5.41) is 12.5. The smallest absolute Gasteiger partial charge is 0.411 e. The summed E-state index contributed by atoms with van der Waals surface area (Å²) in [6.45, 7) is 8.21. The number of likely N-dealkylation sites (tertiary alicyclic amines) is 1. The monoisotopic (exact) mass is 593 g/mol. The number of furan rings is 1. The zero-order chi connectivity index (χ0) is 30.9. The molecule has 1 N–H and O–H groups in total. The Hall–Kier alpha value is -3.91. The van der Waals surface area contributed by atoms with Gasteiger partial charge in [-0.3, -0.25) is 14.5 Å². The molecule has 0 spiro atoms. The number of piperidine rings is 1. The van der Waals surface area contributed by atoms with Crippen molar-refractivity contribution in [3.63, 3.8) is 0 Å². The van der Waals surface area contributed by atoms with E-state index in [1.54, 1.807) is 54.8 Å². The van der Waals surface area contributed by atoms with Crippen LogP contribution < -0.4 is 5.32 Å². The molecule has 4 atom stereocenters. The van der Waals surface area contributed by atoms with Gasteiger partial charge in [0, 0.05) is 37.8 Å². The van der Waals surface area contributed by atoms with E-state index in [1.165, 1.54) is 6.07 Å². The molecule has 2 aromatic rings. The Labute approximate surface area is 251 Å². The highest BCUT2D eigenvalue weighted by Crippen LogP contribution is 2.43. The van der Waals surface area contributed by atoms with Crippen LogP contribution in [-0.4, -0.2) is 89.6 Å². The van der Waals surface area contributed by atoms with Crippen LogP contribution in [-0.2, 0) is 16.0 Å². The minimum absolute atomic E-state index is 0.0285. The molecule has 11 heteroatoms. The number of piperazine rings is 1. The first-order chi connectivity index (χ1) is 20.4. The number of ether oxygens (including phenoxy) is 1. The van der Waals surface area contributed by atoms with Crippen molar-refractivity contribution in [2.24, 2.45) is 5.92 Å². The number of rotatable bonds is 7. The first-order valence-corrected chi connectivity index (χ1v) is 15.0. The highest BCUT2D eigenvalue weighted by molar-refractivity contribution is 5.92. The van der Waals surface area contributed by atoms with Gasteiger partial charge in [0.1, 0.15) is 29.3 Å². The van der Waals surface area contributed by atoms with Crippen LogP contribution in [0, 0.1) is 23.1 Å². The summed E-state index contributed by atoms with van der Waals surface area (Å²) in [6.07, 6.45) is 2.34. The Kier molecular flexibility index (Phi) is 8.79. The Morgan fingerprint density at radius 2 is 1.88 bits per heavy atom. The van der Waals surface area contributed by atoms with Gasteiger partial charge in [-0.25, -0.2) is 9.18 Å². The average Bonchev–Trinajstić information content (AvgIpc) is 3.72. The third-order valence-electron chi connectivity index (χ3n) is 8.58. The number of nitrogens with one attached hydrogen (secondary N) is 1. The number of benzene rings is 1. The molecule has 5 rings (SSSR count). The molecule has 2 aliphatic heterocycles. The van der Waals surface area contributed by atoms with Crippen LogP contribution in [0.15, 0.2) is 34.7 Å². The van der Waals surface area contributed by atoms with E-state index in [-0.39, 0.29) is 42.4 Å². The SMILES string of the molecule is CN1CCN(C(=O)c2ccc(-c3ccc(CCC(C#N)NC(=O)C4C5CCC(C5)N4C(=O)OC(C)(C)C)c(F)c3)o2)CC1. The summed E-state index contributed by atoms with van der Waals surface area (Å²) in [4.78, 5) is 44.5. The maximum atomic E-state index is 15.1. The van der Waals surface area contributed by atoms with E-state index < -0.39 is 29.6 Å². The summed E-state index contributed by atoms with van der Waals surface area (Å²) >= 11 is 0. The molecular formula is C32H40FN5O5. The van der Waals surface area contributed by atoms with Gasteiger partial charge in [0.2, 0.25) is 5.91 Å². The quantitative estimate of drug-likeness (QED) is 0.511. The highest BCUT2D eigenvalue weighted by Gasteiger charge is 2.52. The summed E-state index contributed by atoms with van der Waals surface area (Å²) in [5.74, 6) is -0.377. The predicted octanol–water partition coefficient (Wildman–Crippen LogP) is 4.20. The number of likely N-dealkylation sites (N-methyl/N-ethyl adjacent to an activating group) is 1. The van der Waals surface area contributed by atoms with Crippen LogP contribution in [0.5, 0.6) is 0 Å². The Morgan fingerprint density at radius 3 is 2.56 bits per heavy atom. The van der Waals surface area contributed by atoms with Gasteiger partial charge >= 0.3 is 6.09 Å². The van der Waals surface area contributed by atoms with E-state index in [2.05, 4.69) is 16.3 Å². The number of carbonyl (C=O) groups excluding carboxylic acids is 3. The lowest BCUT2D eigenvalue weighted by molar-refractivity contribution is -0.128. The molecule has 3 amide bonds. The summed E-state index contributed by atoms with van der Waals surface area (Å²) in [6, 6.07) is 8.52. The van der Waals surface area contributed by atoms with Gasteiger partial charge in [0.15, 0.2) is 5.76 Å². The van der Waals surface area contributed by atoms with Crippen molar-refractivity contribution in [1.82, 2.24) is 20.0 Å². The summed E-state index contributed by atoms with van der Waals surface area (Å²) in [7, 11) is 2.02. The standard InChI is InChI=1S/C32H40FN5O5/c1-32(2,3)43-31(41)38-24-10-8-22(17-24)28(38)29(39)35-23(19-34)9-7-20-5-6-21(18-25(20)33)26-11-12-27(42-26)30(40)37-15-13-36(4)14-16-37/h5-6,11-12,18,22-24,28H,7-10,13-17H2,1-4H3,(H,35,39). The molecule has 230 valence electrons. The molecule has 10 nitrogen and oxygen atoms in total. The van der Waals surface area contributed by atoms with Gasteiger partial charge in [-0.05, 0) is 89.6 Å². The van der Waals surface area contributed by atoms with Crippen molar-refractivity contribution >= 4 is 17.9 Å². The molecule has 3 aliphatic rings. The van der Waals surface area contributed by atoms with Gasteiger partial charge in [0.25, 0.3) is 5.91 Å². The van der Waals surface area contributed by atoms with Crippen LogP contribution in [0.25, 0.3) is 11.3 Å². The van der Waals surface area contributed by atoms with E-state index in [0.29, 0.717) is 30.0 Å². The molecule has 1 saturated carbocycles. The lowest BCUT2D eigenvalue weighted by Crippen LogP contribution is -2.55. The van der Waals surface area contributed by atoms with Crippen molar-refractivity contribution in [3.8, 4) is 17.4 Å². The molecule has 2 bridgehead atoms. The predicted molar refractivity (Wildman–Crippen MR) is 156 cm³/mol. The second kappa shape index (κ2) is 12.4. The van der Waals surface area contributed by atoms with Crippen LogP contribution in [0.4, 0.5) is 9.18 Å². The van der Waals surface area contributed by atoms with Gasteiger partial charge in [-0.2, -0.15) is 5.26 Å². The normalized spacial score (nSPS) is 22.7. The first-order valence-electron chi connectivity index (χ1n) is 15.0. The number of amides is 3. The molecule has 1 aromatic heterocycles. The maximum Gasteiger partial charge on any atom is 0.411 e. The van der Waals surface area contributed by atoms with Gasteiger partial charge in [-0.1, -0.05) is 12.1 Å². The highest BCUT2D eigenvalue weighted by atomic mass is 19.1. The molecule has 1 aliphatic carbocycles. The number of hydrogen-bond donors (Lipinski definition) is 1. The molecule has 43 heavy (non-hydrogen) atoms. The van der Waals surface area contributed by atoms with Crippen molar-refractivity contribution in [2.45, 2.75) is 76.6 Å². The molecule has 1 aromatic carbocycles. The number of carbonyl (C=O) groups is 3. The lowest BCUT2D eigenvalue weighted by atomic mass is 9.97. The van der Waals surface area contributed by atoms with Crippen LogP contribution in [0.1, 0.15) is 62.6 Å². The van der Waals surface area contributed by atoms with Crippen molar-refractivity contribution < 1.29 is 27.9 Å². The average molecular weight is 594 g/mol. The number of fused-ring (bicyclic) bond motifs is 2. The Morgan fingerprint density at radius 1 is 1.14 bits per heavy atom. The number of halogens is 1. The first kappa shape index (κ1) is 30.5. The third kappa shape index (κ3) is 6.85. The zero-order valence-electron chi connectivity index (χ0n) is 25.3. The Bertz CT molecular complexity index is 1400. The van der Waals surface area contributed by atoms with E-state index in [9.17, 15) is 19.6 Å². The molecule has 3 heterocycles. The fourth-order valence-electron chi connectivity index (χ4n) is 6.31. The Balaban J connectivity index is 1.18. The molecule has 0 radical (unpaired) electrons. The second-order valence-electron chi connectivity index (χ2n) is 12.9. The number of nitriles is 1. The van der Waals surface area contributed by atoms with Crippen LogP contribution in [0.2, 0.25) is 0 Å². The van der Waals surface area contributed by atoms with E-state index in [0.717, 1.165) is 32.4 Å². The lowest BCUT2D eigenvalue weighted by Gasteiger charge is -2.35. The molecule has 2 saturated heterocycles. The maximum absolute atomic E-state index is 15.1. The second-order valence-corrected chi connectivity index (χ2v) is 12.9. The van der Waals surface area contributed by atoms with E-state index in [1.807, 2.05) is 7.05 Å². The fraction of sp³-hybridized carbons (Fsp3) is 0.562.